The van der Waals surface area contributed by atoms with Crippen LogP contribution in [0.2, 0.25) is 0 Å². The van der Waals surface area contributed by atoms with Gasteiger partial charge in [-0.2, -0.15) is 0 Å². The summed E-state index contributed by atoms with van der Waals surface area (Å²) in [5, 5.41) is 14.8. The van der Waals surface area contributed by atoms with E-state index in [1.54, 1.807) is 6.33 Å². The lowest BCUT2D eigenvalue weighted by Crippen LogP contribution is -2.39. The van der Waals surface area contributed by atoms with Gasteiger partial charge < -0.3 is 20.1 Å². The van der Waals surface area contributed by atoms with Crippen molar-refractivity contribution >= 4 is 5.96 Å². The summed E-state index contributed by atoms with van der Waals surface area (Å²) in [6, 6.07) is 0.761. The van der Waals surface area contributed by atoms with Crippen molar-refractivity contribution in [1.82, 2.24) is 30.3 Å². The Morgan fingerprint density at radius 1 is 1.33 bits per heavy atom. The van der Waals surface area contributed by atoms with Gasteiger partial charge in [-0.1, -0.05) is 19.8 Å². The third kappa shape index (κ3) is 5.78. The molecular formula is C17H33N7. The van der Waals surface area contributed by atoms with Gasteiger partial charge in [-0.15, -0.1) is 10.2 Å². The highest BCUT2D eigenvalue weighted by molar-refractivity contribution is 5.79. The van der Waals surface area contributed by atoms with Crippen LogP contribution in [-0.2, 0) is 13.0 Å². The Hall–Kier alpha value is -1.63. The lowest BCUT2D eigenvalue weighted by atomic mass is 10.2. The van der Waals surface area contributed by atoms with E-state index in [1.165, 1.54) is 25.7 Å². The molecule has 0 bridgehead atoms. The van der Waals surface area contributed by atoms with Gasteiger partial charge in [0.1, 0.15) is 12.2 Å². The summed E-state index contributed by atoms with van der Waals surface area (Å²) in [7, 11) is 2.23. The minimum Gasteiger partial charge on any atom is -0.357 e. The lowest BCUT2D eigenvalue weighted by molar-refractivity contribution is 0.252. The molecule has 1 aromatic heterocycles. The van der Waals surface area contributed by atoms with E-state index < -0.39 is 0 Å². The van der Waals surface area contributed by atoms with E-state index in [-0.39, 0.29) is 0 Å². The lowest BCUT2D eigenvalue weighted by Gasteiger charge is -2.23. The van der Waals surface area contributed by atoms with Gasteiger partial charge in [0.15, 0.2) is 5.96 Å². The van der Waals surface area contributed by atoms with E-state index in [4.69, 9.17) is 4.99 Å². The Labute approximate surface area is 145 Å². The molecule has 0 spiro atoms. The van der Waals surface area contributed by atoms with E-state index in [1.807, 2.05) is 0 Å². The molecule has 0 unspecified atom stereocenters. The number of nitrogens with one attached hydrogen (secondary N) is 2. The zero-order valence-corrected chi connectivity index (χ0v) is 15.5. The number of aryl methyl sites for hydroxylation is 1. The van der Waals surface area contributed by atoms with Crippen LogP contribution in [0.3, 0.4) is 0 Å². The van der Waals surface area contributed by atoms with E-state index >= 15 is 0 Å². The molecule has 0 saturated heterocycles. The van der Waals surface area contributed by atoms with Crippen molar-refractivity contribution in [3.8, 4) is 0 Å². The van der Waals surface area contributed by atoms with Crippen LogP contribution in [0.1, 0.15) is 45.4 Å². The predicted octanol–water partition coefficient (Wildman–Crippen LogP) is 1.27. The quantitative estimate of drug-likeness (QED) is 0.525. The molecule has 1 aliphatic carbocycles. The van der Waals surface area contributed by atoms with Gasteiger partial charge in [0.2, 0.25) is 0 Å². The number of hydrogen-bond acceptors (Lipinski definition) is 4. The van der Waals surface area contributed by atoms with Crippen LogP contribution in [-0.4, -0.2) is 64.9 Å². The van der Waals surface area contributed by atoms with E-state index in [2.05, 4.69) is 51.2 Å². The van der Waals surface area contributed by atoms with Gasteiger partial charge in [-0.25, -0.2) is 0 Å². The molecule has 0 radical (unpaired) electrons. The molecule has 0 atom stereocenters. The standard InChI is InChI=1S/C17H33N7/c1-4-16-22-21-14-24(16)13-11-20-17(18-5-2)19-10-12-23(3)15-8-6-7-9-15/h14-15H,4-13H2,1-3H3,(H2,18,19,20). The second kappa shape index (κ2) is 10.3. The number of rotatable bonds is 9. The van der Waals surface area contributed by atoms with Crippen LogP contribution in [0.15, 0.2) is 11.3 Å². The summed E-state index contributed by atoms with van der Waals surface area (Å²) in [5.41, 5.74) is 0. The topological polar surface area (TPSA) is 70.4 Å². The average Bonchev–Trinajstić information content (AvgIpc) is 3.26. The van der Waals surface area contributed by atoms with Crippen molar-refractivity contribution in [1.29, 1.82) is 0 Å². The Morgan fingerprint density at radius 2 is 2.12 bits per heavy atom. The molecule has 136 valence electrons. The van der Waals surface area contributed by atoms with E-state index in [9.17, 15) is 0 Å². The summed E-state index contributed by atoms with van der Waals surface area (Å²) in [4.78, 5) is 7.16. The monoisotopic (exact) mass is 335 g/mol. The van der Waals surface area contributed by atoms with Crippen molar-refractivity contribution in [2.45, 2.75) is 58.5 Å². The number of aliphatic imine (C=N–C) groups is 1. The zero-order chi connectivity index (χ0) is 17.2. The van der Waals surface area contributed by atoms with Crippen LogP contribution in [0.4, 0.5) is 0 Å². The molecule has 1 aromatic rings. The minimum atomic E-state index is 0.761. The number of nitrogens with zero attached hydrogens (tertiary/aromatic N) is 5. The van der Waals surface area contributed by atoms with Gasteiger partial charge >= 0.3 is 0 Å². The normalized spacial score (nSPS) is 16.1. The summed E-state index contributed by atoms with van der Waals surface area (Å²) < 4.78 is 2.09. The molecule has 7 heteroatoms. The number of guanidine groups is 1. The second-order valence-electron chi connectivity index (χ2n) is 6.40. The molecule has 1 aliphatic rings. The Balaban J connectivity index is 1.73. The second-order valence-corrected chi connectivity index (χ2v) is 6.40. The van der Waals surface area contributed by atoms with Crippen LogP contribution in [0, 0.1) is 0 Å². The highest BCUT2D eigenvalue weighted by Crippen LogP contribution is 2.21. The van der Waals surface area contributed by atoms with Crippen LogP contribution >= 0.6 is 0 Å². The zero-order valence-electron chi connectivity index (χ0n) is 15.5. The van der Waals surface area contributed by atoms with Crippen LogP contribution < -0.4 is 10.6 Å². The molecule has 7 nitrogen and oxygen atoms in total. The van der Waals surface area contributed by atoms with Gasteiger partial charge in [0.25, 0.3) is 0 Å². The first-order valence-electron chi connectivity index (χ1n) is 9.33. The SMILES string of the molecule is CCNC(=NCCN(C)C1CCCC1)NCCn1cnnc1CC. The molecule has 1 fully saturated rings. The highest BCUT2D eigenvalue weighted by atomic mass is 15.3. The fourth-order valence-corrected chi connectivity index (χ4v) is 3.22. The third-order valence-corrected chi connectivity index (χ3v) is 4.67. The first-order chi connectivity index (χ1) is 11.7. The van der Waals surface area contributed by atoms with E-state index in [0.717, 1.165) is 57.0 Å². The molecule has 2 rings (SSSR count). The number of hydrogen-bond donors (Lipinski definition) is 2. The van der Waals surface area contributed by atoms with Gasteiger partial charge in [-0.05, 0) is 26.8 Å². The first-order valence-corrected chi connectivity index (χ1v) is 9.33. The van der Waals surface area contributed by atoms with Gasteiger partial charge in [0, 0.05) is 38.6 Å². The number of aromatic nitrogens is 3. The summed E-state index contributed by atoms with van der Waals surface area (Å²) in [6.07, 6.45) is 8.15. The van der Waals surface area contributed by atoms with Crippen molar-refractivity contribution in [2.75, 3.05) is 33.2 Å². The molecule has 0 aromatic carbocycles. The molecule has 1 saturated carbocycles. The summed E-state index contributed by atoms with van der Waals surface area (Å²) >= 11 is 0. The maximum Gasteiger partial charge on any atom is 0.191 e. The maximum atomic E-state index is 4.70. The van der Waals surface area contributed by atoms with Gasteiger partial charge in [-0.3, -0.25) is 4.99 Å². The van der Waals surface area contributed by atoms with E-state index in [0.29, 0.717) is 0 Å². The predicted molar refractivity (Wildman–Crippen MR) is 98.3 cm³/mol. The Kier molecular flexibility index (Phi) is 8.01. The smallest absolute Gasteiger partial charge is 0.191 e. The molecule has 1 heterocycles. The molecule has 24 heavy (non-hydrogen) atoms. The summed E-state index contributed by atoms with van der Waals surface area (Å²) in [6.45, 7) is 8.58. The molecule has 0 amide bonds. The fourth-order valence-electron chi connectivity index (χ4n) is 3.22. The molecular weight excluding hydrogens is 302 g/mol. The third-order valence-electron chi connectivity index (χ3n) is 4.67. The molecule has 0 aliphatic heterocycles. The van der Waals surface area contributed by atoms with Crippen LogP contribution in [0.5, 0.6) is 0 Å². The minimum absolute atomic E-state index is 0.761. The van der Waals surface area contributed by atoms with Crippen LogP contribution in [0.25, 0.3) is 0 Å². The molecule has 2 N–H and O–H groups in total. The largest absolute Gasteiger partial charge is 0.357 e. The Bertz CT molecular complexity index is 491. The van der Waals surface area contributed by atoms with Crippen molar-refractivity contribution < 1.29 is 0 Å². The van der Waals surface area contributed by atoms with Crippen molar-refractivity contribution in [3.63, 3.8) is 0 Å². The Morgan fingerprint density at radius 3 is 2.83 bits per heavy atom. The average molecular weight is 336 g/mol. The first kappa shape index (κ1) is 18.7. The fraction of sp³-hybridized carbons (Fsp3) is 0.824. The maximum absolute atomic E-state index is 4.70. The van der Waals surface area contributed by atoms with Crippen molar-refractivity contribution in [2.24, 2.45) is 4.99 Å². The summed E-state index contributed by atoms with van der Waals surface area (Å²) in [5.74, 6) is 1.92. The highest BCUT2D eigenvalue weighted by Gasteiger charge is 2.18. The van der Waals surface area contributed by atoms with Gasteiger partial charge in [0.05, 0.1) is 6.54 Å². The number of likely N-dealkylation sites (N-methyl/N-ethyl adjacent to an activating group) is 1. The van der Waals surface area contributed by atoms with Crippen molar-refractivity contribution in [3.05, 3.63) is 12.2 Å².